The van der Waals surface area contributed by atoms with Gasteiger partial charge in [0.2, 0.25) is 0 Å². The van der Waals surface area contributed by atoms with Crippen molar-refractivity contribution in [2.24, 2.45) is 0 Å². The first-order valence-electron chi connectivity index (χ1n) is 10.0. The smallest absolute Gasteiger partial charge is 0.163 e. The number of aliphatic hydroxyl groups excluding tert-OH is 1. The Labute approximate surface area is 168 Å². The number of aliphatic hydroxyl groups is 1. The van der Waals surface area contributed by atoms with Crippen LogP contribution in [0.5, 0.6) is 5.75 Å². The van der Waals surface area contributed by atoms with Crippen LogP contribution in [0.4, 0.5) is 0 Å². The molecule has 0 aliphatic rings. The summed E-state index contributed by atoms with van der Waals surface area (Å²) < 4.78 is 5.85. The summed E-state index contributed by atoms with van der Waals surface area (Å²) in [5, 5.41) is 13.6. The van der Waals surface area contributed by atoms with Crippen molar-refractivity contribution in [1.82, 2.24) is 5.32 Å². The number of aryl methyl sites for hydroxylation is 2. The minimum Gasteiger partial charge on any atom is -0.491 e. The number of carbonyl (C=O) groups is 1. The van der Waals surface area contributed by atoms with E-state index in [1.54, 1.807) is 0 Å². The van der Waals surface area contributed by atoms with E-state index in [1.165, 1.54) is 0 Å². The van der Waals surface area contributed by atoms with Gasteiger partial charge in [0.1, 0.15) is 18.5 Å². The van der Waals surface area contributed by atoms with Gasteiger partial charge in [0.25, 0.3) is 0 Å². The number of ketones is 1. The van der Waals surface area contributed by atoms with Crippen molar-refractivity contribution < 1.29 is 14.6 Å². The number of ether oxygens (including phenoxy) is 1. The lowest BCUT2D eigenvalue weighted by Gasteiger charge is -2.26. The second kappa shape index (κ2) is 10.4. The number of β-amino-alcohol motifs (C(OH)–C–C–N with tert-alkyl or cyclic N) is 1. The van der Waals surface area contributed by atoms with E-state index in [4.69, 9.17) is 4.74 Å². The molecule has 0 saturated heterocycles. The Morgan fingerprint density at radius 1 is 1.14 bits per heavy atom. The van der Waals surface area contributed by atoms with Gasteiger partial charge in [-0.15, -0.1) is 0 Å². The number of carbonyl (C=O) groups excluding carboxylic acids is 1. The summed E-state index contributed by atoms with van der Waals surface area (Å²) in [4.78, 5) is 12.4. The predicted octanol–water partition coefficient (Wildman–Crippen LogP) is 4.33. The lowest BCUT2D eigenvalue weighted by atomic mass is 10.0. The van der Waals surface area contributed by atoms with Gasteiger partial charge in [-0.3, -0.25) is 4.79 Å². The molecule has 0 radical (unpaired) electrons. The number of Topliss-reactive ketones (excluding diaryl/α,β-unsaturated/α-hetero) is 1. The van der Waals surface area contributed by atoms with Crippen LogP contribution >= 0.6 is 0 Å². The maximum Gasteiger partial charge on any atom is 0.163 e. The van der Waals surface area contributed by atoms with Gasteiger partial charge in [-0.25, -0.2) is 0 Å². The van der Waals surface area contributed by atoms with Gasteiger partial charge in [0.15, 0.2) is 5.78 Å². The monoisotopic (exact) mass is 383 g/mol. The van der Waals surface area contributed by atoms with Gasteiger partial charge in [-0.05, 0) is 45.2 Å². The fourth-order valence-electron chi connectivity index (χ4n) is 2.75. The number of hydrogen-bond acceptors (Lipinski definition) is 4. The molecule has 0 aliphatic heterocycles. The first-order valence-corrected chi connectivity index (χ1v) is 10.0. The van der Waals surface area contributed by atoms with Crippen LogP contribution in [-0.4, -0.2) is 35.7 Å². The van der Waals surface area contributed by atoms with Crippen molar-refractivity contribution in [2.45, 2.75) is 58.6 Å². The molecule has 0 heterocycles. The molecule has 0 spiro atoms. The molecule has 0 saturated carbocycles. The summed E-state index contributed by atoms with van der Waals surface area (Å²) in [5.41, 5.74) is 2.86. The highest BCUT2D eigenvalue weighted by atomic mass is 16.5. The quantitative estimate of drug-likeness (QED) is 0.567. The number of rotatable bonds is 11. The summed E-state index contributed by atoms with van der Waals surface area (Å²) in [5.74, 6) is 0.855. The minimum absolute atomic E-state index is 0.00473. The first-order chi connectivity index (χ1) is 13.3. The minimum atomic E-state index is -0.590. The van der Waals surface area contributed by atoms with Crippen molar-refractivity contribution in [3.63, 3.8) is 0 Å². The van der Waals surface area contributed by atoms with E-state index in [1.807, 2.05) is 55.5 Å². The van der Waals surface area contributed by atoms with E-state index >= 15 is 0 Å². The molecule has 0 amide bonds. The van der Waals surface area contributed by atoms with Gasteiger partial charge in [-0.1, -0.05) is 55.0 Å². The molecular formula is C24H33NO3. The van der Waals surface area contributed by atoms with Crippen molar-refractivity contribution in [3.8, 4) is 5.75 Å². The number of hydrogen-bond donors (Lipinski definition) is 2. The molecule has 1 unspecified atom stereocenters. The van der Waals surface area contributed by atoms with E-state index in [9.17, 15) is 9.90 Å². The molecular weight excluding hydrogens is 350 g/mol. The Morgan fingerprint density at radius 2 is 1.82 bits per heavy atom. The summed E-state index contributed by atoms with van der Waals surface area (Å²) >= 11 is 0. The van der Waals surface area contributed by atoms with E-state index in [-0.39, 0.29) is 17.9 Å². The second-order valence-corrected chi connectivity index (χ2v) is 7.98. The van der Waals surface area contributed by atoms with Crippen molar-refractivity contribution in [3.05, 3.63) is 65.2 Å². The molecule has 2 rings (SSSR count). The molecule has 1 atom stereocenters. The Balaban J connectivity index is 1.88. The molecule has 4 nitrogen and oxygen atoms in total. The summed E-state index contributed by atoms with van der Waals surface area (Å²) in [6.07, 6.45) is 1.43. The predicted molar refractivity (Wildman–Crippen MR) is 114 cm³/mol. The zero-order valence-electron chi connectivity index (χ0n) is 17.5. The topological polar surface area (TPSA) is 58.6 Å². The molecule has 2 aromatic rings. The Bertz CT molecular complexity index is 753. The maximum absolute atomic E-state index is 12.4. The van der Waals surface area contributed by atoms with Crippen molar-refractivity contribution in [2.75, 3.05) is 13.2 Å². The fraction of sp³-hybridized carbons (Fsp3) is 0.458. The lowest BCUT2D eigenvalue weighted by molar-refractivity contribution is 0.0966. The zero-order valence-corrected chi connectivity index (χ0v) is 17.5. The lowest BCUT2D eigenvalue weighted by Crippen LogP contribution is -2.44. The van der Waals surface area contributed by atoms with Crippen LogP contribution in [-0.2, 0) is 6.42 Å². The normalized spacial score (nSPS) is 12.6. The number of benzene rings is 2. The summed E-state index contributed by atoms with van der Waals surface area (Å²) in [7, 11) is 0. The van der Waals surface area contributed by atoms with Crippen LogP contribution in [0.3, 0.4) is 0 Å². The molecule has 28 heavy (non-hydrogen) atoms. The van der Waals surface area contributed by atoms with Crippen LogP contribution in [0.25, 0.3) is 0 Å². The van der Waals surface area contributed by atoms with E-state index in [0.717, 1.165) is 28.9 Å². The molecule has 0 fully saturated rings. The van der Waals surface area contributed by atoms with Crippen LogP contribution in [0, 0.1) is 6.92 Å². The molecule has 152 valence electrons. The molecule has 0 bridgehead atoms. The summed E-state index contributed by atoms with van der Waals surface area (Å²) in [6.45, 7) is 9.05. The van der Waals surface area contributed by atoms with Gasteiger partial charge < -0.3 is 15.2 Å². The first kappa shape index (κ1) is 22.1. The van der Waals surface area contributed by atoms with Crippen molar-refractivity contribution >= 4 is 5.78 Å². The third kappa shape index (κ3) is 7.10. The average Bonchev–Trinajstić information content (AvgIpc) is 2.70. The van der Waals surface area contributed by atoms with Crippen LogP contribution in [0.2, 0.25) is 0 Å². The second-order valence-electron chi connectivity index (χ2n) is 7.98. The Kier molecular flexibility index (Phi) is 8.21. The van der Waals surface area contributed by atoms with Gasteiger partial charge in [0, 0.05) is 24.1 Å². The number of para-hydroxylation sites is 1. The Morgan fingerprint density at radius 3 is 2.50 bits per heavy atom. The van der Waals surface area contributed by atoms with E-state index in [0.29, 0.717) is 19.4 Å². The highest BCUT2D eigenvalue weighted by Crippen LogP contribution is 2.21. The van der Waals surface area contributed by atoms with Gasteiger partial charge in [-0.2, -0.15) is 0 Å². The average molecular weight is 384 g/mol. The standard InChI is InChI=1S/C24H33NO3/c1-5-24(3,4)25-16-21(26)17-28-23-9-7-6-8-20(23)14-15-22(27)19-12-10-18(2)11-13-19/h6-13,21,25-26H,5,14-17H2,1-4H3. The van der Waals surface area contributed by atoms with E-state index in [2.05, 4.69) is 26.1 Å². The zero-order chi connectivity index (χ0) is 20.6. The SMILES string of the molecule is CCC(C)(C)NCC(O)COc1ccccc1CCC(=O)c1ccc(C)cc1. The van der Waals surface area contributed by atoms with Gasteiger partial charge in [0.05, 0.1) is 0 Å². The van der Waals surface area contributed by atoms with E-state index < -0.39 is 6.10 Å². The molecule has 4 heteroatoms. The van der Waals surface area contributed by atoms with Crippen molar-refractivity contribution in [1.29, 1.82) is 0 Å². The van der Waals surface area contributed by atoms with Crippen LogP contribution < -0.4 is 10.1 Å². The molecule has 0 aliphatic carbocycles. The number of nitrogens with one attached hydrogen (secondary N) is 1. The maximum atomic E-state index is 12.4. The third-order valence-electron chi connectivity index (χ3n) is 5.10. The molecule has 2 N–H and O–H groups in total. The van der Waals surface area contributed by atoms with Crippen LogP contribution in [0.15, 0.2) is 48.5 Å². The Hall–Kier alpha value is -2.17. The molecule has 0 aromatic heterocycles. The molecule has 2 aromatic carbocycles. The highest BCUT2D eigenvalue weighted by Gasteiger charge is 2.16. The van der Waals surface area contributed by atoms with Crippen LogP contribution in [0.1, 0.15) is 55.1 Å². The highest BCUT2D eigenvalue weighted by molar-refractivity contribution is 5.96. The third-order valence-corrected chi connectivity index (χ3v) is 5.10. The largest absolute Gasteiger partial charge is 0.491 e. The fourth-order valence-corrected chi connectivity index (χ4v) is 2.75. The van der Waals surface area contributed by atoms with Gasteiger partial charge >= 0.3 is 0 Å². The summed E-state index contributed by atoms with van der Waals surface area (Å²) in [6, 6.07) is 15.4.